The fourth-order valence-corrected chi connectivity index (χ4v) is 9.06. The second-order valence-electron chi connectivity index (χ2n) is 18.2. The lowest BCUT2D eigenvalue weighted by molar-refractivity contribution is -0.376. The first-order chi connectivity index (χ1) is 36.6. The van der Waals surface area contributed by atoms with Crippen LogP contribution in [0.2, 0.25) is 0 Å². The Morgan fingerprint density at radius 3 is 1.07 bits per heavy atom. The number of benzene rings is 7. The second-order valence-corrected chi connectivity index (χ2v) is 18.2. The summed E-state index contributed by atoms with van der Waals surface area (Å²) in [5.74, 6) is -0.677. The molecule has 0 unspecified atom stereocenters. The molecule has 74 heavy (non-hydrogen) atoms. The van der Waals surface area contributed by atoms with E-state index in [2.05, 4.69) is 0 Å². The Morgan fingerprint density at radius 2 is 0.676 bits per heavy atom. The van der Waals surface area contributed by atoms with Crippen molar-refractivity contribution in [2.75, 3.05) is 13.7 Å². The molecular weight excluding hydrogens is 937 g/mol. The van der Waals surface area contributed by atoms with E-state index in [4.69, 9.17) is 52.1 Å². The third-order valence-electron chi connectivity index (χ3n) is 12.9. The fraction of sp³-hybridized carbons (Fsp3) is 0.306. The van der Waals surface area contributed by atoms with Crippen LogP contribution in [0, 0.1) is 0 Å². The van der Waals surface area contributed by atoms with Crippen LogP contribution in [0.4, 0.5) is 0 Å². The van der Waals surface area contributed by atoms with Crippen molar-refractivity contribution in [1.29, 1.82) is 0 Å². The van der Waals surface area contributed by atoms with E-state index in [0.29, 0.717) is 6.61 Å². The van der Waals surface area contributed by atoms with Gasteiger partial charge in [-0.05, 0) is 38.9 Å². The van der Waals surface area contributed by atoms with E-state index in [1.54, 1.807) is 0 Å². The summed E-state index contributed by atoms with van der Waals surface area (Å²) in [5.41, 5.74) is 6.45. The van der Waals surface area contributed by atoms with Crippen LogP contribution in [0.25, 0.3) is 0 Å². The number of carbonyl (C=O) groups excluding carboxylic acids is 1. The maximum absolute atomic E-state index is 14.3. The van der Waals surface area contributed by atoms with Crippen LogP contribution in [0.5, 0.6) is 0 Å². The van der Waals surface area contributed by atoms with E-state index in [1.165, 1.54) is 7.11 Å². The molecule has 12 nitrogen and oxygen atoms in total. The average Bonchev–Trinajstić information content (AvgIpc) is 3.46. The summed E-state index contributed by atoms with van der Waals surface area (Å²) in [7, 11) is 1.32. The van der Waals surface area contributed by atoms with Gasteiger partial charge in [0.25, 0.3) is 0 Å². The van der Waals surface area contributed by atoms with Crippen molar-refractivity contribution in [3.05, 3.63) is 251 Å². The Kier molecular flexibility index (Phi) is 19.7. The summed E-state index contributed by atoms with van der Waals surface area (Å²) in [4.78, 5) is 14.3. The molecule has 2 heterocycles. The second kappa shape index (κ2) is 27.8. The highest BCUT2D eigenvalue weighted by Gasteiger charge is 2.56. The van der Waals surface area contributed by atoms with E-state index in [0.717, 1.165) is 38.9 Å². The van der Waals surface area contributed by atoms with Crippen LogP contribution in [0.3, 0.4) is 0 Å². The number of hydrogen-bond acceptors (Lipinski definition) is 12. The average molecular weight is 1000 g/mol. The molecule has 2 saturated heterocycles. The van der Waals surface area contributed by atoms with E-state index in [9.17, 15) is 4.79 Å². The van der Waals surface area contributed by atoms with Gasteiger partial charge < -0.3 is 52.1 Å². The van der Waals surface area contributed by atoms with Crippen molar-refractivity contribution in [3.8, 4) is 0 Å². The molecule has 2 aliphatic rings. The normalized spacial score (nSPS) is 23.7. The van der Waals surface area contributed by atoms with Gasteiger partial charge in [-0.2, -0.15) is 0 Å². The zero-order valence-electron chi connectivity index (χ0n) is 41.5. The van der Waals surface area contributed by atoms with Gasteiger partial charge in [-0.15, -0.1) is 0 Å². The standard InChI is InChI=1S/C62H64O12/c1-64-60(63)57-54(67-39-47-27-13-4-14-28-47)55(68-40-48-29-15-5-16-30-48)58(69-41-49-31-17-6-18-32-49)62(74-57)73-56-53(66-38-46-25-11-3-12-26-46)52(44-65-37-45-23-9-2-10-24-45)72-61(71-43-51-35-21-8-22-36-51)59(56)70-42-50-33-19-7-20-34-50/h2-36,52-59,61-62H,37-44H2,1H3/t52-,53-,54+,55+,56+,57+,58-,59-,61-,62-/m1/s1. The topological polar surface area (TPSA) is 119 Å². The lowest BCUT2D eigenvalue weighted by Crippen LogP contribution is -2.67. The third kappa shape index (κ3) is 14.9. The lowest BCUT2D eigenvalue weighted by Gasteiger charge is -2.50. The Labute approximate surface area is 433 Å². The Hall–Kier alpha value is -6.39. The van der Waals surface area contributed by atoms with Crippen molar-refractivity contribution in [3.63, 3.8) is 0 Å². The predicted molar refractivity (Wildman–Crippen MR) is 277 cm³/mol. The van der Waals surface area contributed by atoms with Gasteiger partial charge >= 0.3 is 5.97 Å². The smallest absolute Gasteiger partial charge is 0.337 e. The van der Waals surface area contributed by atoms with E-state index in [-0.39, 0.29) is 46.2 Å². The third-order valence-corrected chi connectivity index (χ3v) is 12.9. The molecule has 9 rings (SSSR count). The Balaban J connectivity index is 1.14. The molecule has 0 aromatic heterocycles. The van der Waals surface area contributed by atoms with Gasteiger partial charge in [0.2, 0.25) is 0 Å². The van der Waals surface area contributed by atoms with Gasteiger partial charge in [0.1, 0.15) is 42.7 Å². The summed E-state index contributed by atoms with van der Waals surface area (Å²) >= 11 is 0. The molecule has 0 spiro atoms. The van der Waals surface area contributed by atoms with Crippen LogP contribution in [0.15, 0.2) is 212 Å². The number of rotatable bonds is 25. The Bertz CT molecular complexity index is 2650. The maximum Gasteiger partial charge on any atom is 0.337 e. The molecular formula is C62H64O12. The highest BCUT2D eigenvalue weighted by atomic mass is 16.8. The highest BCUT2D eigenvalue weighted by molar-refractivity contribution is 5.75. The quantitative estimate of drug-likeness (QED) is 0.0507. The summed E-state index contributed by atoms with van der Waals surface area (Å²) in [6.07, 6.45) is -10.4. The summed E-state index contributed by atoms with van der Waals surface area (Å²) < 4.78 is 74.9. The first-order valence-corrected chi connectivity index (χ1v) is 25.2. The molecule has 0 bridgehead atoms. The summed E-state index contributed by atoms with van der Waals surface area (Å²) in [6.45, 7) is 1.39. The molecule has 12 heteroatoms. The van der Waals surface area contributed by atoms with Crippen molar-refractivity contribution >= 4 is 5.97 Å². The van der Waals surface area contributed by atoms with Crippen molar-refractivity contribution < 1.29 is 56.9 Å². The van der Waals surface area contributed by atoms with Gasteiger partial charge in [0, 0.05) is 0 Å². The Morgan fingerprint density at radius 1 is 0.351 bits per heavy atom. The molecule has 2 fully saturated rings. The molecule has 7 aromatic carbocycles. The van der Waals surface area contributed by atoms with Crippen molar-refractivity contribution in [1.82, 2.24) is 0 Å². The SMILES string of the molecule is COC(=O)[C@H]1O[C@@H](O[C@@H]2[C@@H](OCc3ccccc3)[C@H](OCc3ccccc3)O[C@H](COCc3ccccc3)[C@H]2OCc2ccccc2)[C@H](OCc2ccccc2)[C@@H](OCc2ccccc2)[C@@H]1OCc1ccccc1. The van der Waals surface area contributed by atoms with Crippen LogP contribution in [0.1, 0.15) is 38.9 Å². The zero-order valence-corrected chi connectivity index (χ0v) is 41.5. The predicted octanol–water partition coefficient (Wildman–Crippen LogP) is 10.4. The van der Waals surface area contributed by atoms with Crippen LogP contribution in [-0.4, -0.2) is 81.1 Å². The molecule has 0 radical (unpaired) electrons. The number of esters is 1. The molecule has 0 N–H and O–H groups in total. The van der Waals surface area contributed by atoms with Crippen LogP contribution in [-0.2, 0) is 103 Å². The molecule has 2 aliphatic heterocycles. The van der Waals surface area contributed by atoms with E-state index >= 15 is 0 Å². The van der Waals surface area contributed by atoms with Crippen LogP contribution < -0.4 is 0 Å². The molecule has 7 aromatic rings. The summed E-state index contributed by atoms with van der Waals surface area (Å²) in [5, 5.41) is 0. The molecule has 0 saturated carbocycles. The minimum Gasteiger partial charge on any atom is -0.467 e. The number of methoxy groups -OCH3 is 1. The maximum atomic E-state index is 14.3. The number of carbonyl (C=O) groups is 1. The lowest BCUT2D eigenvalue weighted by atomic mass is 9.95. The zero-order chi connectivity index (χ0) is 50.6. The molecule has 0 amide bonds. The van der Waals surface area contributed by atoms with E-state index in [1.807, 2.05) is 212 Å². The molecule has 384 valence electrons. The molecule has 0 aliphatic carbocycles. The van der Waals surface area contributed by atoms with Gasteiger partial charge in [-0.3, -0.25) is 0 Å². The minimum atomic E-state index is -1.34. The monoisotopic (exact) mass is 1000 g/mol. The first-order valence-electron chi connectivity index (χ1n) is 25.2. The largest absolute Gasteiger partial charge is 0.467 e. The van der Waals surface area contributed by atoms with Gasteiger partial charge in [-0.1, -0.05) is 212 Å². The van der Waals surface area contributed by atoms with Crippen molar-refractivity contribution in [2.45, 2.75) is 108 Å². The van der Waals surface area contributed by atoms with Gasteiger partial charge in [0.05, 0.1) is 60.0 Å². The van der Waals surface area contributed by atoms with Crippen LogP contribution >= 0.6 is 0 Å². The first kappa shape index (κ1) is 52.5. The highest BCUT2D eigenvalue weighted by Crippen LogP contribution is 2.37. The number of ether oxygens (including phenoxy) is 11. The number of hydrogen-bond donors (Lipinski definition) is 0. The van der Waals surface area contributed by atoms with Gasteiger partial charge in [0.15, 0.2) is 18.7 Å². The summed E-state index contributed by atoms with van der Waals surface area (Å²) in [6, 6.07) is 68.9. The molecule has 10 atom stereocenters. The van der Waals surface area contributed by atoms with Gasteiger partial charge in [-0.25, -0.2) is 4.79 Å². The van der Waals surface area contributed by atoms with E-state index < -0.39 is 67.4 Å². The fourth-order valence-electron chi connectivity index (χ4n) is 9.06. The van der Waals surface area contributed by atoms with Crippen molar-refractivity contribution in [2.24, 2.45) is 0 Å². The minimum absolute atomic E-state index is 0.0905.